The number of hydrazine groups is 2. The lowest BCUT2D eigenvalue weighted by Gasteiger charge is -2.58. The molecule has 0 spiro atoms. The van der Waals surface area contributed by atoms with E-state index in [1.165, 1.54) is 31.3 Å². The molecule has 9 heteroatoms. The summed E-state index contributed by atoms with van der Waals surface area (Å²) in [6, 6.07) is 0. The summed E-state index contributed by atoms with van der Waals surface area (Å²) >= 11 is 0. The highest BCUT2D eigenvalue weighted by atomic mass is 16.3. The lowest BCUT2D eigenvalue weighted by Crippen LogP contribution is -2.51. The van der Waals surface area contributed by atoms with Gasteiger partial charge in [0.25, 0.3) is 5.91 Å². The summed E-state index contributed by atoms with van der Waals surface area (Å²) in [6.07, 6.45) is 10.5. The van der Waals surface area contributed by atoms with Crippen LogP contribution >= 0.6 is 0 Å². The van der Waals surface area contributed by atoms with E-state index in [1.54, 1.807) is 12.3 Å². The Labute approximate surface area is 214 Å². The van der Waals surface area contributed by atoms with Gasteiger partial charge in [0.15, 0.2) is 5.78 Å². The van der Waals surface area contributed by atoms with E-state index in [9.17, 15) is 19.2 Å². The minimum atomic E-state index is -1.17. The second-order valence-corrected chi connectivity index (χ2v) is 11.7. The Kier molecular flexibility index (Phi) is 9.11. The largest absolute Gasteiger partial charge is 0.383 e. The van der Waals surface area contributed by atoms with Crippen molar-refractivity contribution in [2.75, 3.05) is 0 Å². The molecule has 9 nitrogen and oxygen atoms in total. The van der Waals surface area contributed by atoms with Gasteiger partial charge in [-0.2, -0.15) is 0 Å². The number of fused-ring (bicyclic) bond motifs is 5. The molecular weight excluding hydrogens is 460 g/mol. The van der Waals surface area contributed by atoms with Crippen molar-refractivity contribution >= 4 is 23.4 Å². The monoisotopic (exact) mass is 504 g/mol. The normalized spacial score (nSPS) is 35.6. The second-order valence-electron chi connectivity index (χ2n) is 11.7. The second kappa shape index (κ2) is 11.5. The first-order chi connectivity index (χ1) is 17.0. The quantitative estimate of drug-likeness (QED) is 0.210. The average Bonchev–Trinajstić information content (AvgIpc) is 3.21. The lowest BCUT2D eigenvalue weighted by molar-refractivity contribution is -0.130. The van der Waals surface area contributed by atoms with Gasteiger partial charge in [-0.25, -0.2) is 11.7 Å². The van der Waals surface area contributed by atoms with E-state index < -0.39 is 12.0 Å². The molecule has 0 radical (unpaired) electrons. The van der Waals surface area contributed by atoms with Crippen molar-refractivity contribution in [1.29, 1.82) is 0 Å². The lowest BCUT2D eigenvalue weighted by atomic mass is 9.47. The predicted octanol–water partition coefficient (Wildman–Crippen LogP) is 2.22. The molecule has 0 aromatic rings. The van der Waals surface area contributed by atoms with E-state index >= 15 is 0 Å². The fraction of sp³-hybridized carbons (Fsp3) is 0.778. The van der Waals surface area contributed by atoms with Gasteiger partial charge in [0.05, 0.1) is 0 Å². The van der Waals surface area contributed by atoms with Crippen molar-refractivity contribution in [1.82, 2.24) is 10.9 Å². The summed E-state index contributed by atoms with van der Waals surface area (Å²) < 4.78 is 0. The van der Waals surface area contributed by atoms with E-state index in [0.717, 1.165) is 43.4 Å². The zero-order chi connectivity index (χ0) is 26.7. The van der Waals surface area contributed by atoms with Gasteiger partial charge in [-0.15, -0.1) is 0 Å². The fourth-order valence-corrected chi connectivity index (χ4v) is 7.98. The number of ketones is 2. The van der Waals surface area contributed by atoms with E-state index in [1.807, 2.05) is 11.5 Å². The first-order valence-corrected chi connectivity index (χ1v) is 13.4. The minimum Gasteiger partial charge on any atom is -0.383 e. The molecule has 4 rings (SSSR count). The highest BCUT2D eigenvalue weighted by molar-refractivity contribution is 5.91. The van der Waals surface area contributed by atoms with Gasteiger partial charge in [-0.05, 0) is 99.4 Å². The van der Waals surface area contributed by atoms with Crippen molar-refractivity contribution in [3.8, 4) is 0 Å². The Bertz CT molecular complexity index is 905. The third kappa shape index (κ3) is 5.58. The zero-order valence-electron chi connectivity index (χ0n) is 22.0. The molecule has 0 aromatic heterocycles. The summed E-state index contributed by atoms with van der Waals surface area (Å²) in [5.41, 5.74) is 5.68. The van der Waals surface area contributed by atoms with Crippen LogP contribution in [0.2, 0.25) is 0 Å². The summed E-state index contributed by atoms with van der Waals surface area (Å²) in [7, 11) is 0. The number of rotatable bonds is 6. The molecule has 3 fully saturated rings. The summed E-state index contributed by atoms with van der Waals surface area (Å²) in [5, 5.41) is 9.05. The molecule has 7 N–H and O–H groups in total. The first-order valence-electron chi connectivity index (χ1n) is 13.4. The fourth-order valence-electron chi connectivity index (χ4n) is 7.98. The van der Waals surface area contributed by atoms with Gasteiger partial charge in [-0.1, -0.05) is 19.4 Å². The van der Waals surface area contributed by atoms with Crippen molar-refractivity contribution in [3.05, 3.63) is 11.6 Å². The molecule has 0 aliphatic heterocycles. The standard InChI is InChI=1S/C21H30O2.C6H14N4O3/c1-13(22)17-6-7-18-16-5-4-14-12-15(23)8-10-20(14,2)19(16)9-11-21(17,18)3;7-9-5(12)3-1-2-4(11)6(13)10-8/h12,16-19H,4-11H2,1-3H3;4,11H,1-3,7-8H2,(H,9,12)(H,10,13)/t16-,17+,18-,19-,20-,21+;/m0./s1. The Morgan fingerprint density at radius 3 is 2.42 bits per heavy atom. The van der Waals surface area contributed by atoms with Gasteiger partial charge >= 0.3 is 0 Å². The van der Waals surface area contributed by atoms with Crippen molar-refractivity contribution in [2.45, 2.75) is 97.5 Å². The number of aliphatic hydroxyl groups is 1. The van der Waals surface area contributed by atoms with Crippen LogP contribution < -0.4 is 22.5 Å². The molecule has 0 aromatic carbocycles. The summed E-state index contributed by atoms with van der Waals surface area (Å²) in [6.45, 7) is 6.65. The van der Waals surface area contributed by atoms with Gasteiger partial charge < -0.3 is 5.11 Å². The Morgan fingerprint density at radius 1 is 1.06 bits per heavy atom. The Hall–Kier alpha value is -2.10. The zero-order valence-corrected chi connectivity index (χ0v) is 22.0. The average molecular weight is 505 g/mol. The van der Waals surface area contributed by atoms with Crippen LogP contribution in [0.3, 0.4) is 0 Å². The number of nitrogens with two attached hydrogens (primary N) is 2. The number of aliphatic hydroxyl groups excluding tert-OH is 1. The third-order valence-corrected chi connectivity index (χ3v) is 9.94. The number of Topliss-reactive ketones (excluding diaryl/α,β-unsaturated/α-hetero) is 1. The number of allylic oxidation sites excluding steroid dienone is 1. The molecule has 202 valence electrons. The van der Waals surface area contributed by atoms with Crippen molar-refractivity contribution < 1.29 is 24.3 Å². The Morgan fingerprint density at radius 2 is 1.78 bits per heavy atom. The number of hydrogen-bond donors (Lipinski definition) is 5. The minimum absolute atomic E-state index is 0.172. The smallest absolute Gasteiger partial charge is 0.262 e. The van der Waals surface area contributed by atoms with E-state index in [4.69, 9.17) is 16.8 Å². The van der Waals surface area contributed by atoms with Crippen LogP contribution in [-0.4, -0.2) is 34.6 Å². The molecule has 1 unspecified atom stereocenters. The van der Waals surface area contributed by atoms with Gasteiger partial charge in [0, 0.05) is 18.8 Å². The van der Waals surface area contributed by atoms with Crippen LogP contribution in [0.5, 0.6) is 0 Å². The molecule has 4 aliphatic rings. The predicted molar refractivity (Wildman–Crippen MR) is 135 cm³/mol. The summed E-state index contributed by atoms with van der Waals surface area (Å²) in [4.78, 5) is 45.2. The number of carbonyl (C=O) groups excluding carboxylic acids is 4. The molecule has 0 bridgehead atoms. The number of hydrogen-bond acceptors (Lipinski definition) is 7. The highest BCUT2D eigenvalue weighted by Gasteiger charge is 2.59. The van der Waals surface area contributed by atoms with E-state index in [0.29, 0.717) is 23.9 Å². The van der Waals surface area contributed by atoms with E-state index in [2.05, 4.69) is 13.8 Å². The third-order valence-electron chi connectivity index (χ3n) is 9.94. The SMILES string of the molecule is CC(=O)[C@H]1CC[C@H]2[C@@H]3CCC4=CC(=O)CC[C@]4(C)[C@H]3CC[C@]12C.NNC(=O)CCCC(O)C(=O)NN. The topological polar surface area (TPSA) is 165 Å². The van der Waals surface area contributed by atoms with Crippen LogP contribution in [0.4, 0.5) is 0 Å². The number of amides is 2. The maximum Gasteiger partial charge on any atom is 0.262 e. The molecule has 2 amide bonds. The molecule has 3 saturated carbocycles. The molecule has 4 aliphatic carbocycles. The molecule has 0 heterocycles. The van der Waals surface area contributed by atoms with Crippen molar-refractivity contribution in [3.63, 3.8) is 0 Å². The van der Waals surface area contributed by atoms with Crippen LogP contribution in [0.15, 0.2) is 11.6 Å². The number of nitrogens with one attached hydrogen (secondary N) is 2. The number of carbonyl (C=O) groups is 4. The maximum atomic E-state index is 12.1. The molecule has 0 saturated heterocycles. The van der Waals surface area contributed by atoms with Crippen LogP contribution in [0.1, 0.15) is 91.4 Å². The van der Waals surface area contributed by atoms with Crippen LogP contribution in [-0.2, 0) is 19.2 Å². The van der Waals surface area contributed by atoms with Gasteiger partial charge in [0.1, 0.15) is 11.9 Å². The molecular formula is C27H44N4O5. The molecule has 36 heavy (non-hydrogen) atoms. The highest BCUT2D eigenvalue weighted by Crippen LogP contribution is 2.66. The maximum absolute atomic E-state index is 12.1. The Balaban J connectivity index is 0.000000240. The summed E-state index contributed by atoms with van der Waals surface area (Å²) in [5.74, 6) is 11.9. The van der Waals surface area contributed by atoms with Crippen LogP contribution in [0, 0.1) is 34.5 Å². The van der Waals surface area contributed by atoms with Gasteiger partial charge in [0.2, 0.25) is 5.91 Å². The van der Waals surface area contributed by atoms with Crippen molar-refractivity contribution in [2.24, 2.45) is 46.2 Å². The molecule has 7 atom stereocenters. The first kappa shape index (κ1) is 28.5. The van der Waals surface area contributed by atoms with E-state index in [-0.39, 0.29) is 29.6 Å². The van der Waals surface area contributed by atoms with Crippen LogP contribution in [0.25, 0.3) is 0 Å². The van der Waals surface area contributed by atoms with Gasteiger partial charge in [-0.3, -0.25) is 30.0 Å².